The molecule has 0 saturated heterocycles. The Labute approximate surface area is 321 Å². The Kier molecular flexibility index (Phi) is 17.3. The van der Waals surface area contributed by atoms with Gasteiger partial charge in [-0.15, -0.1) is 13.2 Å². The van der Waals surface area contributed by atoms with Gasteiger partial charge in [-0.3, -0.25) is 9.78 Å². The minimum atomic E-state index is -4.78. The third-order valence-corrected chi connectivity index (χ3v) is 9.19. The molecule has 0 aliphatic rings. The van der Waals surface area contributed by atoms with Crippen molar-refractivity contribution in [1.82, 2.24) is 4.98 Å². The number of aryl methyl sites for hydroxylation is 1. The number of allylic oxidation sites excluding steroid dienone is 2. The second-order valence-electron chi connectivity index (χ2n) is 13.2. The van der Waals surface area contributed by atoms with Crippen molar-refractivity contribution in [3.63, 3.8) is 0 Å². The zero-order valence-electron chi connectivity index (χ0n) is 31.4. The SMILES string of the molecule is CCCCCCCCC=CCCCCCCCC(=O)OCOc1c(-c2ccc(Oc3ccc(OC(F)(F)F)cc3)cc2)c(C)nc2cc(OC)c(Cl)cc12. The number of unbranched alkanes of at least 4 members (excludes halogenated alkanes) is 11. The van der Waals surface area contributed by atoms with Crippen LogP contribution in [0.2, 0.25) is 5.02 Å². The van der Waals surface area contributed by atoms with Crippen LogP contribution in [0.25, 0.3) is 22.0 Å². The number of carbonyl (C=O) groups is 1. The average Bonchev–Trinajstić information content (AvgIpc) is 3.14. The van der Waals surface area contributed by atoms with Crippen LogP contribution in [0.5, 0.6) is 28.7 Å². The number of ether oxygens (including phenoxy) is 5. The molecule has 3 aromatic carbocycles. The number of hydrogen-bond acceptors (Lipinski definition) is 7. The first kappa shape index (κ1) is 42.3. The first-order valence-corrected chi connectivity index (χ1v) is 19.2. The maximum Gasteiger partial charge on any atom is 0.573 e. The molecule has 0 unspecified atom stereocenters. The topological polar surface area (TPSA) is 76.1 Å². The van der Waals surface area contributed by atoms with Gasteiger partial charge in [0.05, 0.1) is 17.6 Å². The van der Waals surface area contributed by atoms with Crippen LogP contribution in [0.4, 0.5) is 13.2 Å². The number of fused-ring (bicyclic) bond motifs is 1. The number of alkyl halides is 3. The molecule has 54 heavy (non-hydrogen) atoms. The molecule has 1 heterocycles. The fourth-order valence-electron chi connectivity index (χ4n) is 6.10. The van der Waals surface area contributed by atoms with E-state index < -0.39 is 6.36 Å². The summed E-state index contributed by atoms with van der Waals surface area (Å²) in [4.78, 5) is 17.4. The number of rotatable bonds is 23. The molecule has 0 amide bonds. The van der Waals surface area contributed by atoms with Crippen LogP contribution in [0.3, 0.4) is 0 Å². The second kappa shape index (κ2) is 22.1. The van der Waals surface area contributed by atoms with E-state index in [1.54, 1.807) is 24.3 Å². The number of halogens is 4. The van der Waals surface area contributed by atoms with Crippen LogP contribution in [-0.2, 0) is 9.53 Å². The fraction of sp³-hybridized carbons (Fsp3) is 0.442. The highest BCUT2D eigenvalue weighted by molar-refractivity contribution is 6.33. The lowest BCUT2D eigenvalue weighted by atomic mass is 10.00. The number of aromatic nitrogens is 1. The maximum absolute atomic E-state index is 12.6. The molecule has 4 aromatic rings. The Bertz CT molecular complexity index is 1780. The smallest absolute Gasteiger partial charge is 0.495 e. The highest BCUT2D eigenvalue weighted by Gasteiger charge is 2.31. The van der Waals surface area contributed by atoms with Gasteiger partial charge in [-0.25, -0.2) is 0 Å². The van der Waals surface area contributed by atoms with Gasteiger partial charge >= 0.3 is 12.3 Å². The molecule has 0 atom stereocenters. The lowest BCUT2D eigenvalue weighted by molar-refractivity contribution is -0.274. The van der Waals surface area contributed by atoms with E-state index in [4.69, 9.17) is 35.5 Å². The lowest BCUT2D eigenvalue weighted by Gasteiger charge is -2.18. The minimum absolute atomic E-state index is 0.297. The predicted molar refractivity (Wildman–Crippen MR) is 208 cm³/mol. The van der Waals surface area contributed by atoms with Crippen molar-refractivity contribution in [2.45, 2.75) is 110 Å². The van der Waals surface area contributed by atoms with Crippen molar-refractivity contribution in [2.24, 2.45) is 0 Å². The van der Waals surface area contributed by atoms with Crippen LogP contribution >= 0.6 is 11.6 Å². The quantitative estimate of drug-likeness (QED) is 0.0322. The lowest BCUT2D eigenvalue weighted by Crippen LogP contribution is -2.16. The molecule has 0 aliphatic carbocycles. The van der Waals surface area contributed by atoms with Crippen LogP contribution in [0.1, 0.15) is 103 Å². The Hall–Kier alpha value is -4.44. The molecule has 292 valence electrons. The number of benzene rings is 3. The van der Waals surface area contributed by atoms with E-state index >= 15 is 0 Å². The number of carbonyl (C=O) groups excluding carboxylic acids is 1. The Morgan fingerprint density at radius 1 is 0.796 bits per heavy atom. The number of pyridine rings is 1. The minimum Gasteiger partial charge on any atom is -0.495 e. The summed E-state index contributed by atoms with van der Waals surface area (Å²) in [6.07, 6.45) is 15.5. The monoisotopic (exact) mass is 769 g/mol. The Morgan fingerprint density at radius 3 is 1.98 bits per heavy atom. The van der Waals surface area contributed by atoms with Crippen molar-refractivity contribution in [1.29, 1.82) is 0 Å². The van der Waals surface area contributed by atoms with Crippen LogP contribution in [-0.4, -0.2) is 31.2 Å². The van der Waals surface area contributed by atoms with Gasteiger partial charge in [0.25, 0.3) is 0 Å². The molecule has 0 fully saturated rings. The van der Waals surface area contributed by atoms with Gasteiger partial charge in [-0.1, -0.05) is 94.2 Å². The summed E-state index contributed by atoms with van der Waals surface area (Å²) in [6.45, 7) is 3.79. The molecular formula is C43H51ClF3NO6. The number of nitrogens with zero attached hydrogens (tertiary/aromatic N) is 1. The van der Waals surface area contributed by atoms with Crippen LogP contribution < -0.4 is 18.9 Å². The largest absolute Gasteiger partial charge is 0.573 e. The number of hydrogen-bond donors (Lipinski definition) is 0. The Balaban J connectivity index is 1.30. The van der Waals surface area contributed by atoms with Gasteiger partial charge in [-0.05, 0) is 87.1 Å². The summed E-state index contributed by atoms with van der Waals surface area (Å²) in [5, 5.41) is 0.972. The average molecular weight is 770 g/mol. The van der Waals surface area contributed by atoms with Gasteiger partial charge in [0.2, 0.25) is 6.79 Å². The van der Waals surface area contributed by atoms with E-state index in [-0.39, 0.29) is 18.5 Å². The summed E-state index contributed by atoms with van der Waals surface area (Å²) < 4.78 is 64.4. The molecule has 0 N–H and O–H groups in total. The summed E-state index contributed by atoms with van der Waals surface area (Å²) in [6, 6.07) is 15.6. The van der Waals surface area contributed by atoms with E-state index in [1.165, 1.54) is 76.3 Å². The summed E-state index contributed by atoms with van der Waals surface area (Å²) in [5.74, 6) is 1.00. The van der Waals surface area contributed by atoms with Gasteiger partial charge in [0.15, 0.2) is 0 Å². The zero-order chi connectivity index (χ0) is 38.8. The van der Waals surface area contributed by atoms with Crippen molar-refractivity contribution in [3.8, 4) is 39.9 Å². The molecule has 11 heteroatoms. The number of esters is 1. The van der Waals surface area contributed by atoms with Crippen molar-refractivity contribution in [3.05, 3.63) is 83.5 Å². The Morgan fingerprint density at radius 2 is 1.37 bits per heavy atom. The summed E-state index contributed by atoms with van der Waals surface area (Å²) in [7, 11) is 1.52. The fourth-order valence-corrected chi connectivity index (χ4v) is 6.34. The molecule has 0 radical (unpaired) electrons. The molecule has 0 aliphatic heterocycles. The first-order chi connectivity index (χ1) is 26.1. The highest BCUT2D eigenvalue weighted by atomic mass is 35.5. The van der Waals surface area contributed by atoms with Crippen molar-refractivity contribution >= 4 is 28.5 Å². The third-order valence-electron chi connectivity index (χ3n) is 8.89. The predicted octanol–water partition coefficient (Wildman–Crippen LogP) is 13.5. The molecule has 7 nitrogen and oxygen atoms in total. The molecule has 0 saturated carbocycles. The van der Waals surface area contributed by atoms with Gasteiger partial charge in [0.1, 0.15) is 28.7 Å². The van der Waals surface area contributed by atoms with Crippen LogP contribution in [0.15, 0.2) is 72.8 Å². The normalized spacial score (nSPS) is 11.6. The highest BCUT2D eigenvalue weighted by Crippen LogP contribution is 2.42. The standard InChI is InChI=1S/C43H51ClF3NO6/c1-4-5-6-7-8-9-10-11-12-13-14-15-16-17-18-19-40(49)51-30-52-42-36-28-37(44)39(50-3)29-38(36)48-31(2)41(42)32-20-22-33(23-21-32)53-34-24-26-35(27-25-34)54-43(45,46)47/h11-12,20-29H,4-10,13-19,30H2,1-3H3. The van der Waals surface area contributed by atoms with E-state index in [0.717, 1.165) is 44.1 Å². The molecule has 0 spiro atoms. The van der Waals surface area contributed by atoms with Crippen molar-refractivity contribution in [2.75, 3.05) is 13.9 Å². The van der Waals surface area contributed by atoms with E-state index in [9.17, 15) is 18.0 Å². The van der Waals surface area contributed by atoms with E-state index in [2.05, 4.69) is 23.8 Å². The molecular weight excluding hydrogens is 719 g/mol. The summed E-state index contributed by atoms with van der Waals surface area (Å²) >= 11 is 6.51. The van der Waals surface area contributed by atoms with E-state index in [0.29, 0.717) is 56.6 Å². The van der Waals surface area contributed by atoms with Gasteiger partial charge < -0.3 is 23.7 Å². The molecule has 4 rings (SSSR count). The number of methoxy groups -OCH3 is 1. The summed E-state index contributed by atoms with van der Waals surface area (Å²) in [5.41, 5.74) is 2.64. The van der Waals surface area contributed by atoms with E-state index in [1.807, 2.05) is 19.1 Å². The third kappa shape index (κ3) is 14.1. The molecule has 1 aromatic heterocycles. The zero-order valence-corrected chi connectivity index (χ0v) is 32.2. The first-order valence-electron chi connectivity index (χ1n) is 18.8. The van der Waals surface area contributed by atoms with Crippen molar-refractivity contribution < 1.29 is 41.7 Å². The van der Waals surface area contributed by atoms with Crippen LogP contribution in [0, 0.1) is 6.92 Å². The van der Waals surface area contributed by atoms with Gasteiger partial charge in [-0.2, -0.15) is 0 Å². The maximum atomic E-state index is 12.6. The molecule has 0 bridgehead atoms. The second-order valence-corrected chi connectivity index (χ2v) is 13.6. The van der Waals surface area contributed by atoms with Gasteiger partial charge in [0, 0.05) is 29.1 Å².